The first-order valence-corrected chi connectivity index (χ1v) is 37.9. The molecule has 0 aliphatic heterocycles. The van der Waals surface area contributed by atoms with Crippen molar-refractivity contribution in [2.75, 3.05) is 0 Å². The number of halogens is 4. The molecular formula is C70H50Cl4N4O11S6. The highest BCUT2D eigenvalue weighted by Gasteiger charge is 2.32. The monoisotopic (exact) mass is 1450 g/mol. The molecule has 0 saturated carbocycles. The van der Waals surface area contributed by atoms with Crippen LogP contribution in [0.1, 0.15) is 17.3 Å². The number of nitrogens with one attached hydrogen (secondary N) is 1. The van der Waals surface area contributed by atoms with Gasteiger partial charge in [0.05, 0.1) is 51.6 Å². The van der Waals surface area contributed by atoms with Crippen molar-refractivity contribution < 1.29 is 46.9 Å². The fourth-order valence-electron chi connectivity index (χ4n) is 10.2. The molecule has 0 unspecified atom stereocenters. The fourth-order valence-corrected chi connectivity index (χ4v) is 19.9. The van der Waals surface area contributed by atoms with E-state index in [0.29, 0.717) is 52.4 Å². The van der Waals surface area contributed by atoms with Crippen molar-refractivity contribution >= 4 is 157 Å². The van der Waals surface area contributed by atoms with E-state index in [1.165, 1.54) is 87.3 Å². The maximum Gasteiger partial charge on any atom is 0.269 e. The first kappa shape index (κ1) is 67.7. The highest BCUT2D eigenvalue weighted by molar-refractivity contribution is 8.00. The summed E-state index contributed by atoms with van der Waals surface area (Å²) >= 11 is 25.4. The Labute approximate surface area is 572 Å². The second-order valence-electron chi connectivity index (χ2n) is 20.8. The highest BCUT2D eigenvalue weighted by Crippen LogP contribution is 2.38. The van der Waals surface area contributed by atoms with E-state index in [9.17, 15) is 46.9 Å². The number of benzene rings is 10. The lowest BCUT2D eigenvalue weighted by atomic mass is 10.1. The number of aromatic nitrogens is 4. The van der Waals surface area contributed by atoms with Gasteiger partial charge in [-0.2, -0.15) is 0 Å². The number of carbonyl (C=O) groups excluding carboxylic acids is 1. The molecule has 25 heteroatoms. The van der Waals surface area contributed by atoms with Crippen molar-refractivity contribution in [2.45, 2.75) is 51.4 Å². The molecule has 14 aromatic rings. The number of sulfone groups is 2. The van der Waals surface area contributed by atoms with Crippen molar-refractivity contribution in [3.8, 4) is 0 Å². The Kier molecular flexibility index (Phi) is 19.9. The lowest BCUT2D eigenvalue weighted by Gasteiger charge is -2.12. The van der Waals surface area contributed by atoms with Gasteiger partial charge in [-0.25, -0.2) is 54.0 Å². The molecule has 0 fully saturated rings. The summed E-state index contributed by atoms with van der Waals surface area (Å²) in [6.07, 6.45) is 1.54. The van der Waals surface area contributed by atoms with Crippen molar-refractivity contribution in [1.29, 1.82) is 0 Å². The molecule has 0 amide bonds. The van der Waals surface area contributed by atoms with Crippen LogP contribution in [0, 0.1) is 0 Å². The van der Waals surface area contributed by atoms with Crippen LogP contribution in [0.3, 0.4) is 0 Å². The average molecular weight is 1460 g/mol. The summed E-state index contributed by atoms with van der Waals surface area (Å²) in [5, 5.41) is 4.69. The smallest absolute Gasteiger partial charge is 0.269 e. The van der Waals surface area contributed by atoms with Crippen LogP contribution in [0.4, 0.5) is 0 Å². The van der Waals surface area contributed by atoms with Gasteiger partial charge in [-0.05, 0) is 171 Å². The quantitative estimate of drug-likeness (QED) is 0.107. The molecule has 4 heterocycles. The number of carbonyl (C=O) groups is 1. The third kappa shape index (κ3) is 14.2. The molecule has 480 valence electrons. The maximum absolute atomic E-state index is 13.4. The Bertz CT molecular complexity index is 5790. The maximum atomic E-state index is 13.4. The number of rotatable bonds is 13. The van der Waals surface area contributed by atoms with Crippen molar-refractivity contribution in [3.63, 3.8) is 0 Å². The molecule has 0 aliphatic rings. The number of hydrogen-bond donors (Lipinski definition) is 1. The molecule has 95 heavy (non-hydrogen) atoms. The fraction of sp³-hybridized carbons (Fsp3) is 0.0143. The summed E-state index contributed by atoms with van der Waals surface area (Å²) in [7, 11) is -19.4. The Morgan fingerprint density at radius 2 is 0.768 bits per heavy atom. The van der Waals surface area contributed by atoms with Crippen LogP contribution in [-0.4, -0.2) is 64.8 Å². The Morgan fingerprint density at radius 3 is 1.26 bits per heavy atom. The van der Waals surface area contributed by atoms with Gasteiger partial charge in [0.15, 0.2) is 10.8 Å². The molecule has 0 saturated heterocycles. The van der Waals surface area contributed by atoms with Gasteiger partial charge in [0, 0.05) is 58.2 Å². The van der Waals surface area contributed by atoms with E-state index in [-0.39, 0.29) is 51.4 Å². The van der Waals surface area contributed by atoms with E-state index in [4.69, 9.17) is 46.4 Å². The van der Waals surface area contributed by atoms with Crippen LogP contribution in [0.25, 0.3) is 43.6 Å². The van der Waals surface area contributed by atoms with Crippen LogP contribution >= 0.6 is 58.2 Å². The van der Waals surface area contributed by atoms with E-state index < -0.39 is 49.7 Å². The van der Waals surface area contributed by atoms with Crippen molar-refractivity contribution in [2.24, 2.45) is 0 Å². The van der Waals surface area contributed by atoms with Gasteiger partial charge in [-0.3, -0.25) is 4.79 Å². The van der Waals surface area contributed by atoms with Gasteiger partial charge >= 0.3 is 0 Å². The van der Waals surface area contributed by atoms with Crippen LogP contribution in [0.15, 0.2) is 324 Å². The minimum atomic E-state index is -4.16. The van der Waals surface area contributed by atoms with Crippen LogP contribution < -0.4 is 0 Å². The molecule has 0 radical (unpaired) electrons. The SMILES string of the molecule is CC(=O)c1c(S(=O)(=O)c2ccccc2)[nH]c2ccc(Cl)cc12.O=S(=O)(c1ccccc1)c1cc2cc(Cl)ccc2n1S(=O)(=O)c1ccccc1.O=S(=O)(c1ccccc1)n1c(Sc2ccccc2)cc2cc(Cl)ccc21.O=S(=O)(c1ccccc1)n1ccc2cc(Cl)ccc21. The summed E-state index contributed by atoms with van der Waals surface area (Å²) in [4.78, 5) is 16.5. The molecule has 4 aromatic heterocycles. The highest BCUT2D eigenvalue weighted by atomic mass is 35.5. The number of Topliss-reactive ketones (excluding diaryl/α,β-unsaturated/α-hetero) is 1. The Morgan fingerprint density at radius 1 is 0.379 bits per heavy atom. The van der Waals surface area contributed by atoms with E-state index in [0.717, 1.165) is 19.6 Å². The van der Waals surface area contributed by atoms with Gasteiger partial charge in [-0.15, -0.1) is 0 Å². The Balaban J connectivity index is 0.000000130. The molecule has 1 N–H and O–H groups in total. The van der Waals surface area contributed by atoms with Crippen molar-refractivity contribution in [1.82, 2.24) is 16.9 Å². The number of hydrogen-bond acceptors (Lipinski definition) is 12. The topological polar surface area (TPSA) is 218 Å². The zero-order chi connectivity index (χ0) is 67.5. The first-order valence-electron chi connectivity index (χ1n) is 28.3. The first-order chi connectivity index (χ1) is 45.4. The van der Waals surface area contributed by atoms with E-state index in [1.54, 1.807) is 182 Å². The second kappa shape index (κ2) is 27.9. The zero-order valence-corrected chi connectivity index (χ0v) is 57.3. The lowest BCUT2D eigenvalue weighted by molar-refractivity contribution is 0.101. The summed E-state index contributed by atoms with van der Waals surface area (Å²) in [5.41, 5.74) is 2.16. The van der Waals surface area contributed by atoms with Crippen molar-refractivity contribution in [3.05, 3.63) is 305 Å². The molecule has 0 spiro atoms. The second-order valence-corrected chi connectivity index (χ2v) is 32.8. The largest absolute Gasteiger partial charge is 0.345 e. The summed E-state index contributed by atoms with van der Waals surface area (Å²) in [6.45, 7) is 1.34. The minimum absolute atomic E-state index is 0.00744. The van der Waals surface area contributed by atoms with E-state index in [2.05, 4.69) is 4.98 Å². The van der Waals surface area contributed by atoms with E-state index in [1.807, 2.05) is 36.4 Å². The van der Waals surface area contributed by atoms with Crippen LogP contribution in [0.5, 0.6) is 0 Å². The number of ketones is 1. The normalized spacial score (nSPS) is 11.9. The molecule has 0 bridgehead atoms. The standard InChI is InChI=1S/C20H14ClNO4S2.C20H14ClNO2S2.C16H12ClNO3S.C14H10ClNO2S/c21-16-11-12-19-15(13-16)14-20(27(23,24)17-7-3-1-4-8-17)22(19)28(25,26)18-9-5-2-6-10-18;21-16-11-12-19-15(13-16)14-20(25-17-7-3-1-4-8-17)22(19)26(23,24)18-9-5-2-6-10-18;1-10(19)15-13-9-11(17)7-8-14(13)18-16(15)22(20,21)12-5-3-2-4-6-12;15-12-6-7-14-11(10-12)8-9-16(14)19(17,18)13-4-2-1-3-5-13/h1-14H;1-14H;2-9,18H,1H3;1-10H. The number of fused-ring (bicyclic) bond motifs is 4. The molecule has 15 nitrogen and oxygen atoms in total. The van der Waals surface area contributed by atoms with Gasteiger partial charge in [0.1, 0.15) is 5.03 Å². The van der Waals surface area contributed by atoms with Gasteiger partial charge in [-0.1, -0.05) is 167 Å². The molecule has 10 aromatic carbocycles. The zero-order valence-electron chi connectivity index (χ0n) is 49.4. The summed E-state index contributed by atoms with van der Waals surface area (Å²) in [6, 6.07) is 74.7. The summed E-state index contributed by atoms with van der Waals surface area (Å²) < 4.78 is 134. The molecule has 0 aliphatic carbocycles. The molecular weight excluding hydrogens is 1410 g/mol. The van der Waals surface area contributed by atoms with E-state index >= 15 is 0 Å². The molecule has 0 atom stereocenters. The molecule has 14 rings (SSSR count). The van der Waals surface area contributed by atoms with Gasteiger partial charge < -0.3 is 4.98 Å². The third-order valence-corrected chi connectivity index (χ3v) is 25.4. The predicted octanol–water partition coefficient (Wildman–Crippen LogP) is 17.4. The van der Waals surface area contributed by atoms with Gasteiger partial charge in [0.25, 0.3) is 30.1 Å². The van der Waals surface area contributed by atoms with Gasteiger partial charge in [0.2, 0.25) is 19.7 Å². The Hall–Kier alpha value is -8.71. The third-order valence-electron chi connectivity index (χ3n) is 14.5. The minimum Gasteiger partial charge on any atom is -0.345 e. The number of aromatic amines is 1. The average Bonchev–Trinajstić information content (AvgIpc) is 1.62. The number of nitrogens with zero attached hydrogens (tertiary/aromatic N) is 3. The van der Waals surface area contributed by atoms with Crippen LogP contribution in [-0.2, 0) is 49.7 Å². The number of H-pyrrole nitrogens is 1. The van der Waals surface area contributed by atoms with Crippen LogP contribution in [0.2, 0.25) is 20.1 Å². The lowest BCUT2D eigenvalue weighted by Crippen LogP contribution is -2.18. The summed E-state index contributed by atoms with van der Waals surface area (Å²) in [5.74, 6) is -0.331. The predicted molar refractivity (Wildman–Crippen MR) is 376 cm³/mol.